The molecule has 0 aliphatic heterocycles. The zero-order valence-electron chi connectivity index (χ0n) is 20.4. The molecule has 0 aromatic carbocycles. The van der Waals surface area contributed by atoms with Crippen LogP contribution in [0, 0.1) is 13.8 Å². The number of ether oxygens (including phenoxy) is 2. The molecule has 0 aliphatic carbocycles. The van der Waals surface area contributed by atoms with E-state index in [2.05, 4.69) is 20.4 Å². The van der Waals surface area contributed by atoms with Crippen molar-refractivity contribution in [2.75, 3.05) is 6.61 Å². The van der Waals surface area contributed by atoms with Crippen LogP contribution in [0.1, 0.15) is 60.6 Å². The number of alkyl halides is 3. The SMILES string of the molecule is CCOc1cncc(Oc2c(C)c(C(=O)NCc3ccc(C)cn3)nn2C(C)(C)C)c1C(F)(F)F. The first kappa shape index (κ1) is 26.0. The summed E-state index contributed by atoms with van der Waals surface area (Å²) in [4.78, 5) is 21.0. The Balaban J connectivity index is 2.00. The quantitative estimate of drug-likeness (QED) is 0.490. The van der Waals surface area contributed by atoms with E-state index in [-0.39, 0.29) is 30.3 Å². The summed E-state index contributed by atoms with van der Waals surface area (Å²) >= 11 is 0. The Labute approximate surface area is 201 Å². The molecule has 1 N–H and O–H groups in total. The van der Waals surface area contributed by atoms with Crippen LogP contribution in [-0.2, 0) is 18.3 Å². The number of hydrogen-bond acceptors (Lipinski definition) is 6. The van der Waals surface area contributed by atoms with Gasteiger partial charge in [-0.1, -0.05) is 6.07 Å². The summed E-state index contributed by atoms with van der Waals surface area (Å²) in [5.41, 5.74) is 0.158. The molecule has 11 heteroatoms. The van der Waals surface area contributed by atoms with Gasteiger partial charge >= 0.3 is 6.18 Å². The number of carbonyl (C=O) groups is 1. The van der Waals surface area contributed by atoms with Crippen molar-refractivity contribution in [3.8, 4) is 17.4 Å². The number of pyridine rings is 2. The molecule has 0 saturated carbocycles. The second kappa shape index (κ2) is 9.93. The number of aryl methyl sites for hydroxylation is 1. The van der Waals surface area contributed by atoms with Gasteiger partial charge in [0.2, 0.25) is 5.88 Å². The van der Waals surface area contributed by atoms with Gasteiger partial charge in [0.05, 0.1) is 36.8 Å². The van der Waals surface area contributed by atoms with Crippen LogP contribution in [0.3, 0.4) is 0 Å². The zero-order valence-corrected chi connectivity index (χ0v) is 20.4. The van der Waals surface area contributed by atoms with Crippen LogP contribution < -0.4 is 14.8 Å². The minimum Gasteiger partial charge on any atom is -0.491 e. The first-order chi connectivity index (χ1) is 16.3. The molecule has 3 heterocycles. The van der Waals surface area contributed by atoms with Crippen molar-refractivity contribution >= 4 is 5.91 Å². The number of hydrogen-bond donors (Lipinski definition) is 1. The van der Waals surface area contributed by atoms with E-state index in [0.717, 1.165) is 18.0 Å². The molecule has 0 spiro atoms. The summed E-state index contributed by atoms with van der Waals surface area (Å²) in [5.74, 6) is -1.50. The third-order valence-corrected chi connectivity index (χ3v) is 4.99. The van der Waals surface area contributed by atoms with E-state index in [9.17, 15) is 18.0 Å². The molecule has 0 fully saturated rings. The number of halogens is 3. The van der Waals surface area contributed by atoms with Gasteiger partial charge in [-0.3, -0.25) is 14.8 Å². The maximum Gasteiger partial charge on any atom is 0.423 e. The van der Waals surface area contributed by atoms with Gasteiger partial charge in [-0.2, -0.15) is 18.3 Å². The standard InChI is InChI=1S/C24H28F3N5O3/c1-7-34-17-12-28-13-18(19(17)24(25,26)27)35-22-15(3)20(31-32(22)23(4,5)6)21(33)30-11-16-9-8-14(2)10-29-16/h8-10,12-13H,7,11H2,1-6H3,(H,30,33). The third kappa shape index (κ3) is 5.90. The Morgan fingerprint density at radius 3 is 2.34 bits per heavy atom. The second-order valence-electron chi connectivity index (χ2n) is 8.91. The molecule has 1 amide bonds. The monoisotopic (exact) mass is 491 g/mol. The fourth-order valence-corrected chi connectivity index (χ4v) is 3.28. The number of nitrogens with zero attached hydrogens (tertiary/aromatic N) is 4. The summed E-state index contributed by atoms with van der Waals surface area (Å²) in [6, 6.07) is 3.67. The Morgan fingerprint density at radius 1 is 1.09 bits per heavy atom. The van der Waals surface area contributed by atoms with Crippen LogP contribution in [-0.4, -0.2) is 32.3 Å². The number of aromatic nitrogens is 4. The van der Waals surface area contributed by atoms with Gasteiger partial charge in [0, 0.05) is 11.8 Å². The van der Waals surface area contributed by atoms with Crippen LogP contribution in [0.5, 0.6) is 17.4 Å². The van der Waals surface area contributed by atoms with Crippen LogP contribution in [0.2, 0.25) is 0 Å². The third-order valence-electron chi connectivity index (χ3n) is 4.99. The lowest BCUT2D eigenvalue weighted by Gasteiger charge is -2.23. The molecule has 0 atom stereocenters. The Hall–Kier alpha value is -3.63. The molecular formula is C24H28F3N5O3. The molecular weight excluding hydrogens is 463 g/mol. The van der Waals surface area contributed by atoms with Gasteiger partial charge in [0.25, 0.3) is 5.91 Å². The zero-order chi connectivity index (χ0) is 26.0. The van der Waals surface area contributed by atoms with E-state index >= 15 is 0 Å². The summed E-state index contributed by atoms with van der Waals surface area (Å²) < 4.78 is 54.0. The number of amides is 1. The summed E-state index contributed by atoms with van der Waals surface area (Å²) in [7, 11) is 0. The minimum atomic E-state index is -4.76. The average Bonchev–Trinajstić information content (AvgIpc) is 3.09. The fraction of sp³-hybridized carbons (Fsp3) is 0.417. The molecule has 35 heavy (non-hydrogen) atoms. The summed E-state index contributed by atoms with van der Waals surface area (Å²) in [5, 5.41) is 7.13. The van der Waals surface area contributed by atoms with E-state index in [1.54, 1.807) is 46.9 Å². The van der Waals surface area contributed by atoms with Crippen LogP contribution >= 0.6 is 0 Å². The minimum absolute atomic E-state index is 0.00272. The van der Waals surface area contributed by atoms with Gasteiger partial charge in [-0.15, -0.1) is 0 Å². The van der Waals surface area contributed by atoms with Crippen molar-refractivity contribution in [3.63, 3.8) is 0 Å². The summed E-state index contributed by atoms with van der Waals surface area (Å²) in [6.07, 6.45) is -1.11. The summed E-state index contributed by atoms with van der Waals surface area (Å²) in [6.45, 7) is 10.6. The van der Waals surface area contributed by atoms with Gasteiger partial charge in [0.15, 0.2) is 17.2 Å². The smallest absolute Gasteiger partial charge is 0.423 e. The highest BCUT2D eigenvalue weighted by Crippen LogP contribution is 2.44. The predicted molar refractivity (Wildman–Crippen MR) is 123 cm³/mol. The Kier molecular flexibility index (Phi) is 7.37. The first-order valence-corrected chi connectivity index (χ1v) is 11.0. The van der Waals surface area contributed by atoms with Crippen LogP contribution in [0.25, 0.3) is 0 Å². The highest BCUT2D eigenvalue weighted by atomic mass is 19.4. The highest BCUT2D eigenvalue weighted by Gasteiger charge is 2.40. The van der Waals surface area contributed by atoms with Crippen molar-refractivity contribution in [2.24, 2.45) is 0 Å². The van der Waals surface area contributed by atoms with E-state index in [1.165, 1.54) is 4.68 Å². The van der Waals surface area contributed by atoms with Crippen LogP contribution in [0.4, 0.5) is 13.2 Å². The second-order valence-corrected chi connectivity index (χ2v) is 8.91. The van der Waals surface area contributed by atoms with Crippen molar-refractivity contribution < 1.29 is 27.4 Å². The molecule has 3 aromatic rings. The lowest BCUT2D eigenvalue weighted by molar-refractivity contribution is -0.140. The van der Waals surface area contributed by atoms with Gasteiger partial charge in [0.1, 0.15) is 5.56 Å². The van der Waals surface area contributed by atoms with Crippen molar-refractivity contribution in [2.45, 2.75) is 59.8 Å². The molecule has 188 valence electrons. The van der Waals surface area contributed by atoms with Gasteiger partial charge in [-0.25, -0.2) is 4.68 Å². The molecule has 8 nitrogen and oxygen atoms in total. The van der Waals surface area contributed by atoms with Gasteiger partial charge in [-0.05, 0) is 53.2 Å². The lowest BCUT2D eigenvalue weighted by Crippen LogP contribution is -2.27. The first-order valence-electron chi connectivity index (χ1n) is 11.0. The largest absolute Gasteiger partial charge is 0.491 e. The molecule has 3 rings (SSSR count). The maximum atomic E-state index is 13.9. The molecule has 0 unspecified atom stereocenters. The van der Waals surface area contributed by atoms with E-state index in [4.69, 9.17) is 9.47 Å². The topological polar surface area (TPSA) is 91.2 Å². The lowest BCUT2D eigenvalue weighted by atomic mass is 10.1. The Morgan fingerprint density at radius 2 is 1.77 bits per heavy atom. The number of carbonyl (C=O) groups excluding carboxylic acids is 1. The van der Waals surface area contributed by atoms with E-state index in [0.29, 0.717) is 5.69 Å². The number of rotatable bonds is 7. The van der Waals surface area contributed by atoms with Crippen molar-refractivity contribution in [1.82, 2.24) is 25.1 Å². The molecule has 0 aliphatic rings. The molecule has 3 aromatic heterocycles. The molecule has 0 saturated heterocycles. The van der Waals surface area contributed by atoms with Crippen LogP contribution in [0.15, 0.2) is 30.7 Å². The molecule has 0 bridgehead atoms. The van der Waals surface area contributed by atoms with Crippen molar-refractivity contribution in [1.29, 1.82) is 0 Å². The van der Waals surface area contributed by atoms with E-state index in [1.807, 2.05) is 13.0 Å². The Bertz CT molecular complexity index is 1200. The molecule has 0 radical (unpaired) electrons. The van der Waals surface area contributed by atoms with Crippen molar-refractivity contribution in [3.05, 3.63) is 58.8 Å². The predicted octanol–water partition coefficient (Wildman–Crippen LogP) is 5.18. The number of nitrogens with one attached hydrogen (secondary N) is 1. The van der Waals surface area contributed by atoms with Gasteiger partial charge < -0.3 is 14.8 Å². The highest BCUT2D eigenvalue weighted by molar-refractivity contribution is 5.94. The maximum absolute atomic E-state index is 13.9. The average molecular weight is 492 g/mol. The fourth-order valence-electron chi connectivity index (χ4n) is 3.28. The normalized spacial score (nSPS) is 11.9. The van der Waals surface area contributed by atoms with E-state index < -0.39 is 34.7 Å².